The smallest absolute Gasteiger partial charge is 0.265 e. The van der Waals surface area contributed by atoms with E-state index in [1.165, 1.54) is 11.3 Å². The molecule has 2 aromatic heterocycles. The van der Waals surface area contributed by atoms with Gasteiger partial charge in [-0.1, -0.05) is 11.3 Å². The molecule has 0 unspecified atom stereocenters. The van der Waals surface area contributed by atoms with Gasteiger partial charge in [0.2, 0.25) is 0 Å². The Morgan fingerprint density at radius 1 is 1.48 bits per heavy atom. The Kier molecular flexibility index (Phi) is 5.15. The van der Waals surface area contributed by atoms with E-state index in [-0.39, 0.29) is 5.91 Å². The van der Waals surface area contributed by atoms with Gasteiger partial charge in [0, 0.05) is 32.0 Å². The van der Waals surface area contributed by atoms with Gasteiger partial charge in [0.25, 0.3) is 5.91 Å². The summed E-state index contributed by atoms with van der Waals surface area (Å²) in [5.41, 5.74) is 5.85. The van der Waals surface area contributed by atoms with Crippen LogP contribution in [0.15, 0.2) is 18.5 Å². The van der Waals surface area contributed by atoms with Gasteiger partial charge in [-0.15, -0.1) is 0 Å². The van der Waals surface area contributed by atoms with Crippen molar-refractivity contribution >= 4 is 28.2 Å². The summed E-state index contributed by atoms with van der Waals surface area (Å²) in [5, 5.41) is 7.70. The second kappa shape index (κ2) is 7.07. The number of hydrogen-bond acceptors (Lipinski definition) is 6. The number of carbonyl (C=O) groups is 1. The Balaban J connectivity index is 1.95. The van der Waals surface area contributed by atoms with Crippen LogP contribution in [0.25, 0.3) is 0 Å². The molecule has 0 saturated carbocycles. The van der Waals surface area contributed by atoms with Crippen LogP contribution in [0.1, 0.15) is 23.5 Å². The van der Waals surface area contributed by atoms with E-state index in [1.807, 2.05) is 26.1 Å². The maximum absolute atomic E-state index is 12.1. The number of amides is 1. The van der Waals surface area contributed by atoms with Crippen LogP contribution < -0.4 is 16.0 Å². The maximum atomic E-state index is 12.1. The van der Waals surface area contributed by atoms with Crippen molar-refractivity contribution in [1.82, 2.24) is 20.1 Å². The second-order valence-corrected chi connectivity index (χ2v) is 5.39. The molecular formula is C13H20N6OS. The molecule has 0 spiro atoms. The summed E-state index contributed by atoms with van der Waals surface area (Å²) in [6.07, 6.45) is 3.56. The number of nitrogens with one attached hydrogen (secondary N) is 1. The molecule has 7 nitrogen and oxygen atoms in total. The highest BCUT2D eigenvalue weighted by Crippen LogP contribution is 2.27. The van der Waals surface area contributed by atoms with Gasteiger partial charge in [-0.2, -0.15) is 5.10 Å². The molecule has 0 atom stereocenters. The number of anilines is 2. The van der Waals surface area contributed by atoms with Crippen molar-refractivity contribution < 1.29 is 4.79 Å². The largest absolute Gasteiger partial charge is 0.382 e. The Morgan fingerprint density at radius 2 is 2.24 bits per heavy atom. The van der Waals surface area contributed by atoms with E-state index >= 15 is 0 Å². The number of nitrogen functional groups attached to an aromatic ring is 1. The summed E-state index contributed by atoms with van der Waals surface area (Å²) in [6, 6.07) is 1.85. The van der Waals surface area contributed by atoms with E-state index in [0.29, 0.717) is 23.8 Å². The summed E-state index contributed by atoms with van der Waals surface area (Å²) in [5.74, 6) is 0.106. The zero-order chi connectivity index (χ0) is 15.2. The van der Waals surface area contributed by atoms with Gasteiger partial charge in [-0.3, -0.25) is 9.48 Å². The van der Waals surface area contributed by atoms with Crippen LogP contribution in [0, 0.1) is 0 Å². The van der Waals surface area contributed by atoms with Crippen LogP contribution in [0.5, 0.6) is 0 Å². The highest BCUT2D eigenvalue weighted by Gasteiger charge is 2.18. The standard InChI is InChI=1S/C13H20N6OS/c1-3-18(4-2)13-17-11(14)10(21-13)12(20)15-7-9-19-8-5-6-16-19/h5-6,8H,3-4,7,9,14H2,1-2H3,(H,15,20). The molecule has 0 aliphatic heterocycles. The lowest BCUT2D eigenvalue weighted by Gasteiger charge is -2.16. The van der Waals surface area contributed by atoms with Gasteiger partial charge in [0.05, 0.1) is 6.54 Å². The SMILES string of the molecule is CCN(CC)c1nc(N)c(C(=O)NCCn2cccn2)s1. The van der Waals surface area contributed by atoms with Crippen LogP contribution in [0.3, 0.4) is 0 Å². The minimum absolute atomic E-state index is 0.185. The van der Waals surface area contributed by atoms with Crippen LogP contribution in [0.2, 0.25) is 0 Å². The van der Waals surface area contributed by atoms with Gasteiger partial charge in [-0.05, 0) is 19.9 Å². The minimum Gasteiger partial charge on any atom is -0.382 e. The molecule has 2 rings (SSSR count). The average Bonchev–Trinajstić information content (AvgIpc) is 3.10. The first-order chi connectivity index (χ1) is 10.2. The molecule has 8 heteroatoms. The Morgan fingerprint density at radius 3 is 2.86 bits per heavy atom. The predicted octanol–water partition coefficient (Wildman–Crippen LogP) is 1.20. The van der Waals surface area contributed by atoms with Crippen molar-refractivity contribution in [3.8, 4) is 0 Å². The van der Waals surface area contributed by atoms with E-state index in [9.17, 15) is 4.79 Å². The molecule has 2 heterocycles. The lowest BCUT2D eigenvalue weighted by atomic mass is 10.4. The first-order valence-corrected chi connectivity index (χ1v) is 7.74. The minimum atomic E-state index is -0.185. The summed E-state index contributed by atoms with van der Waals surface area (Å²) in [7, 11) is 0. The molecule has 0 bridgehead atoms. The van der Waals surface area contributed by atoms with Gasteiger partial charge >= 0.3 is 0 Å². The number of nitrogens with two attached hydrogens (primary N) is 1. The number of nitrogens with zero attached hydrogens (tertiary/aromatic N) is 4. The Hall–Kier alpha value is -2.09. The third kappa shape index (κ3) is 3.72. The summed E-state index contributed by atoms with van der Waals surface area (Å²) in [6.45, 7) is 6.89. The van der Waals surface area contributed by atoms with Gasteiger partial charge in [0.1, 0.15) is 10.7 Å². The second-order valence-electron chi connectivity index (χ2n) is 4.41. The molecule has 2 aromatic rings. The van der Waals surface area contributed by atoms with Crippen LogP contribution in [0.4, 0.5) is 10.9 Å². The number of hydrogen-bond donors (Lipinski definition) is 2. The summed E-state index contributed by atoms with van der Waals surface area (Å²) >= 11 is 1.33. The molecule has 0 aromatic carbocycles. The summed E-state index contributed by atoms with van der Waals surface area (Å²) < 4.78 is 1.76. The molecule has 0 fully saturated rings. The first-order valence-electron chi connectivity index (χ1n) is 6.92. The van der Waals surface area contributed by atoms with Crippen molar-refractivity contribution in [2.75, 3.05) is 30.3 Å². The summed E-state index contributed by atoms with van der Waals surface area (Å²) in [4.78, 5) is 19.0. The third-order valence-corrected chi connectivity index (χ3v) is 4.20. The molecule has 0 radical (unpaired) electrons. The first kappa shape index (κ1) is 15.3. The van der Waals surface area contributed by atoms with E-state index in [2.05, 4.69) is 20.3 Å². The van der Waals surface area contributed by atoms with Crippen molar-refractivity contribution in [2.24, 2.45) is 0 Å². The molecule has 0 saturated heterocycles. The Labute approximate surface area is 127 Å². The van der Waals surface area contributed by atoms with E-state index in [0.717, 1.165) is 18.2 Å². The fraction of sp³-hybridized carbons (Fsp3) is 0.462. The van der Waals surface area contributed by atoms with Crippen molar-refractivity contribution in [3.63, 3.8) is 0 Å². The van der Waals surface area contributed by atoms with E-state index in [4.69, 9.17) is 5.73 Å². The lowest BCUT2D eigenvalue weighted by molar-refractivity contribution is 0.0956. The number of aromatic nitrogens is 3. The normalized spacial score (nSPS) is 10.6. The number of carbonyl (C=O) groups excluding carboxylic acids is 1. The highest BCUT2D eigenvalue weighted by molar-refractivity contribution is 7.18. The Bertz CT molecular complexity index is 576. The maximum Gasteiger partial charge on any atom is 0.265 e. The average molecular weight is 308 g/mol. The molecule has 3 N–H and O–H groups in total. The van der Waals surface area contributed by atoms with E-state index < -0.39 is 0 Å². The molecule has 1 amide bonds. The van der Waals surface area contributed by atoms with Gasteiger partial charge in [0.15, 0.2) is 5.13 Å². The van der Waals surface area contributed by atoms with Crippen LogP contribution >= 0.6 is 11.3 Å². The van der Waals surface area contributed by atoms with Gasteiger partial charge in [-0.25, -0.2) is 4.98 Å². The fourth-order valence-corrected chi connectivity index (χ4v) is 2.94. The number of rotatable bonds is 7. The predicted molar refractivity (Wildman–Crippen MR) is 84.6 cm³/mol. The van der Waals surface area contributed by atoms with Crippen LogP contribution in [-0.4, -0.2) is 40.3 Å². The zero-order valence-corrected chi connectivity index (χ0v) is 13.1. The molecule has 0 aliphatic rings. The fourth-order valence-electron chi connectivity index (χ4n) is 1.91. The number of thiazole rings is 1. The van der Waals surface area contributed by atoms with Crippen LogP contribution in [-0.2, 0) is 6.54 Å². The third-order valence-electron chi connectivity index (χ3n) is 3.07. The van der Waals surface area contributed by atoms with Crippen molar-refractivity contribution in [2.45, 2.75) is 20.4 Å². The van der Waals surface area contributed by atoms with Crippen molar-refractivity contribution in [3.05, 3.63) is 23.3 Å². The molecule has 0 aliphatic carbocycles. The van der Waals surface area contributed by atoms with Crippen molar-refractivity contribution in [1.29, 1.82) is 0 Å². The molecule has 114 valence electrons. The molecule has 21 heavy (non-hydrogen) atoms. The van der Waals surface area contributed by atoms with Gasteiger partial charge < -0.3 is 16.0 Å². The van der Waals surface area contributed by atoms with E-state index in [1.54, 1.807) is 10.9 Å². The highest BCUT2D eigenvalue weighted by atomic mass is 32.1. The lowest BCUT2D eigenvalue weighted by Crippen LogP contribution is -2.27. The zero-order valence-electron chi connectivity index (χ0n) is 12.2. The monoisotopic (exact) mass is 308 g/mol. The quantitative estimate of drug-likeness (QED) is 0.802. The molecular weight excluding hydrogens is 288 g/mol. The topological polar surface area (TPSA) is 89.1 Å².